The molecule has 1 atom stereocenters. The lowest BCUT2D eigenvalue weighted by atomic mass is 10.1. The van der Waals surface area contributed by atoms with E-state index in [4.69, 9.17) is 4.74 Å². The van der Waals surface area contributed by atoms with Gasteiger partial charge in [0.15, 0.2) is 17.5 Å². The number of ether oxygens (including phenoxy) is 2. The number of aromatic hydroxyl groups is 2. The Bertz CT molecular complexity index is 530. The Morgan fingerprint density at radius 3 is 2.75 bits per heavy atom. The van der Waals surface area contributed by atoms with Gasteiger partial charge in [0.05, 0.1) is 20.3 Å². The van der Waals surface area contributed by atoms with E-state index < -0.39 is 23.7 Å². The molecule has 0 bridgehead atoms. The van der Waals surface area contributed by atoms with Crippen molar-refractivity contribution in [2.75, 3.05) is 26.9 Å². The Labute approximate surface area is 115 Å². The maximum absolute atomic E-state index is 12.4. The molecule has 20 heavy (non-hydrogen) atoms. The zero-order valence-electron chi connectivity index (χ0n) is 10.9. The second-order valence-electron chi connectivity index (χ2n) is 4.32. The van der Waals surface area contributed by atoms with Crippen LogP contribution in [0.4, 0.5) is 0 Å². The molecule has 1 unspecified atom stereocenters. The van der Waals surface area contributed by atoms with Crippen molar-refractivity contribution in [2.45, 2.75) is 6.04 Å². The summed E-state index contributed by atoms with van der Waals surface area (Å²) in [7, 11) is 1.24. The number of hydrogen-bond acceptors (Lipinski definition) is 6. The van der Waals surface area contributed by atoms with Gasteiger partial charge in [0.2, 0.25) is 0 Å². The molecule has 1 aromatic carbocycles. The van der Waals surface area contributed by atoms with E-state index >= 15 is 0 Å². The Kier molecular flexibility index (Phi) is 4.09. The predicted molar refractivity (Wildman–Crippen MR) is 67.4 cm³/mol. The number of hydrogen-bond donors (Lipinski definition) is 2. The van der Waals surface area contributed by atoms with Gasteiger partial charge in [-0.3, -0.25) is 4.79 Å². The summed E-state index contributed by atoms with van der Waals surface area (Å²) in [5.74, 6) is -1.69. The molecule has 0 saturated carbocycles. The number of esters is 1. The highest BCUT2D eigenvalue weighted by Gasteiger charge is 2.34. The lowest BCUT2D eigenvalue weighted by Crippen LogP contribution is -2.53. The van der Waals surface area contributed by atoms with Gasteiger partial charge in [0.1, 0.15) is 0 Å². The van der Waals surface area contributed by atoms with Crippen LogP contribution in [0.5, 0.6) is 11.5 Å². The van der Waals surface area contributed by atoms with Gasteiger partial charge in [-0.25, -0.2) is 4.79 Å². The highest BCUT2D eigenvalue weighted by atomic mass is 16.5. The van der Waals surface area contributed by atoms with Crippen molar-refractivity contribution in [3.05, 3.63) is 23.8 Å². The Balaban J connectivity index is 2.25. The number of phenols is 2. The molecule has 1 fully saturated rings. The second-order valence-corrected chi connectivity index (χ2v) is 4.32. The van der Waals surface area contributed by atoms with Gasteiger partial charge in [-0.05, 0) is 18.2 Å². The number of phenolic OH excluding ortho intramolecular Hbond substituents is 2. The predicted octanol–water partition coefficient (Wildman–Crippen LogP) is 0.112. The van der Waals surface area contributed by atoms with Crippen molar-refractivity contribution >= 4 is 11.9 Å². The Morgan fingerprint density at radius 1 is 1.35 bits per heavy atom. The summed E-state index contributed by atoms with van der Waals surface area (Å²) in [5, 5.41) is 18.7. The van der Waals surface area contributed by atoms with Gasteiger partial charge in [0, 0.05) is 12.1 Å². The van der Waals surface area contributed by atoms with Gasteiger partial charge in [-0.15, -0.1) is 0 Å². The van der Waals surface area contributed by atoms with E-state index in [1.807, 2.05) is 0 Å². The third-order valence-electron chi connectivity index (χ3n) is 3.08. The average molecular weight is 281 g/mol. The van der Waals surface area contributed by atoms with Gasteiger partial charge in [0.25, 0.3) is 5.91 Å². The lowest BCUT2D eigenvalue weighted by molar-refractivity contribution is -0.151. The summed E-state index contributed by atoms with van der Waals surface area (Å²) in [6, 6.07) is 2.94. The van der Waals surface area contributed by atoms with E-state index in [0.717, 1.165) is 6.07 Å². The summed E-state index contributed by atoms with van der Waals surface area (Å²) in [5.41, 5.74) is 0.177. The molecule has 1 amide bonds. The molecule has 0 radical (unpaired) electrons. The van der Waals surface area contributed by atoms with E-state index in [0.29, 0.717) is 6.61 Å². The first-order valence-electron chi connectivity index (χ1n) is 6.03. The van der Waals surface area contributed by atoms with E-state index in [9.17, 15) is 19.8 Å². The van der Waals surface area contributed by atoms with Crippen LogP contribution >= 0.6 is 0 Å². The average Bonchev–Trinajstić information content (AvgIpc) is 2.48. The molecule has 2 N–H and O–H groups in total. The summed E-state index contributed by atoms with van der Waals surface area (Å²) >= 11 is 0. The Hall–Kier alpha value is -2.28. The summed E-state index contributed by atoms with van der Waals surface area (Å²) in [4.78, 5) is 25.3. The molecule has 1 saturated heterocycles. The number of rotatable bonds is 2. The minimum Gasteiger partial charge on any atom is -0.504 e. The number of carbonyl (C=O) groups is 2. The van der Waals surface area contributed by atoms with E-state index in [1.165, 1.54) is 24.1 Å². The topological polar surface area (TPSA) is 96.3 Å². The summed E-state index contributed by atoms with van der Waals surface area (Å²) in [6.45, 7) is 0.645. The minimum absolute atomic E-state index is 0.0719. The smallest absolute Gasteiger partial charge is 0.331 e. The highest BCUT2D eigenvalue weighted by Crippen LogP contribution is 2.26. The first-order valence-corrected chi connectivity index (χ1v) is 6.03. The van der Waals surface area contributed by atoms with Crippen LogP contribution in [0.15, 0.2) is 18.2 Å². The van der Waals surface area contributed by atoms with Crippen LogP contribution in [0.1, 0.15) is 10.4 Å². The number of carbonyl (C=O) groups excluding carboxylic acids is 2. The van der Waals surface area contributed by atoms with Gasteiger partial charge in [-0.1, -0.05) is 0 Å². The number of morpholine rings is 1. The van der Waals surface area contributed by atoms with Crippen molar-refractivity contribution in [1.82, 2.24) is 4.90 Å². The zero-order chi connectivity index (χ0) is 14.7. The third kappa shape index (κ3) is 2.67. The molecule has 2 rings (SSSR count). The monoisotopic (exact) mass is 281 g/mol. The van der Waals surface area contributed by atoms with Crippen LogP contribution in [0.25, 0.3) is 0 Å². The molecule has 7 nitrogen and oxygen atoms in total. The van der Waals surface area contributed by atoms with E-state index in [1.54, 1.807) is 0 Å². The first kappa shape index (κ1) is 14.1. The SMILES string of the molecule is COC(=O)C1COCCN1C(=O)c1ccc(O)c(O)c1. The van der Waals surface area contributed by atoms with Crippen LogP contribution in [0.2, 0.25) is 0 Å². The quantitative estimate of drug-likeness (QED) is 0.590. The standard InChI is InChI=1S/C13H15NO6/c1-19-13(18)9-7-20-5-4-14(9)12(17)8-2-3-10(15)11(16)6-8/h2-3,6,9,15-16H,4-5,7H2,1H3. The maximum atomic E-state index is 12.4. The fraction of sp³-hybridized carbons (Fsp3) is 0.385. The minimum atomic E-state index is -0.808. The lowest BCUT2D eigenvalue weighted by Gasteiger charge is -2.33. The molecule has 0 aromatic heterocycles. The van der Waals surface area contributed by atoms with Crippen LogP contribution in [-0.2, 0) is 14.3 Å². The van der Waals surface area contributed by atoms with Crippen LogP contribution in [-0.4, -0.2) is 59.9 Å². The molecule has 7 heteroatoms. The second kappa shape index (κ2) is 5.79. The fourth-order valence-electron chi connectivity index (χ4n) is 2.00. The third-order valence-corrected chi connectivity index (χ3v) is 3.08. The van der Waals surface area contributed by atoms with Crippen LogP contribution < -0.4 is 0 Å². The van der Waals surface area contributed by atoms with Crippen LogP contribution in [0.3, 0.4) is 0 Å². The number of benzene rings is 1. The molecule has 0 spiro atoms. The summed E-state index contributed by atoms with van der Waals surface area (Å²) < 4.78 is 9.83. The fourth-order valence-corrected chi connectivity index (χ4v) is 2.00. The van der Waals surface area contributed by atoms with Crippen molar-refractivity contribution in [3.8, 4) is 11.5 Å². The molecule has 1 aliphatic heterocycles. The Morgan fingerprint density at radius 2 is 2.10 bits per heavy atom. The zero-order valence-corrected chi connectivity index (χ0v) is 10.9. The van der Waals surface area contributed by atoms with E-state index in [2.05, 4.69) is 4.74 Å². The van der Waals surface area contributed by atoms with Gasteiger partial charge < -0.3 is 24.6 Å². The first-order chi connectivity index (χ1) is 9.54. The normalized spacial score (nSPS) is 18.6. The molecule has 1 aliphatic rings. The molecule has 1 aromatic rings. The molecular formula is C13H15NO6. The van der Waals surface area contributed by atoms with Crippen LogP contribution in [0, 0.1) is 0 Å². The number of amides is 1. The summed E-state index contributed by atoms with van der Waals surface area (Å²) in [6.07, 6.45) is 0. The van der Waals surface area contributed by atoms with Crippen molar-refractivity contribution in [2.24, 2.45) is 0 Å². The highest BCUT2D eigenvalue weighted by molar-refractivity contribution is 5.97. The van der Waals surface area contributed by atoms with Crippen molar-refractivity contribution in [1.29, 1.82) is 0 Å². The van der Waals surface area contributed by atoms with Gasteiger partial charge in [-0.2, -0.15) is 0 Å². The largest absolute Gasteiger partial charge is 0.504 e. The maximum Gasteiger partial charge on any atom is 0.331 e. The van der Waals surface area contributed by atoms with E-state index in [-0.39, 0.29) is 24.5 Å². The molecular weight excluding hydrogens is 266 g/mol. The molecule has 0 aliphatic carbocycles. The van der Waals surface area contributed by atoms with Gasteiger partial charge >= 0.3 is 5.97 Å². The number of methoxy groups -OCH3 is 1. The van der Waals surface area contributed by atoms with Crippen molar-refractivity contribution in [3.63, 3.8) is 0 Å². The molecule has 1 heterocycles. The number of nitrogens with zero attached hydrogens (tertiary/aromatic N) is 1. The molecule has 108 valence electrons. The van der Waals surface area contributed by atoms with Crippen molar-refractivity contribution < 1.29 is 29.3 Å².